The van der Waals surface area contributed by atoms with Gasteiger partial charge in [-0.05, 0) is 25.0 Å². The Bertz CT molecular complexity index is 496. The number of aliphatic carboxylic acids is 1. The van der Waals surface area contributed by atoms with Gasteiger partial charge in [-0.2, -0.15) is 0 Å². The molecule has 0 aliphatic carbocycles. The van der Waals surface area contributed by atoms with E-state index in [1.54, 1.807) is 4.90 Å². The molecule has 0 amide bonds. The second-order valence-electron chi connectivity index (χ2n) is 4.93. The van der Waals surface area contributed by atoms with Crippen molar-refractivity contribution in [1.82, 2.24) is 4.90 Å². The van der Waals surface area contributed by atoms with Gasteiger partial charge in [-0.1, -0.05) is 23.8 Å². The second-order valence-corrected chi connectivity index (χ2v) is 4.93. The van der Waals surface area contributed by atoms with Gasteiger partial charge in [0.25, 0.3) is 0 Å². The second kappa shape index (κ2) is 4.90. The molecule has 1 N–H and O–H groups in total. The maximum Gasteiger partial charge on any atom is 0.321 e. The minimum atomic E-state index is -0.911. The van der Waals surface area contributed by atoms with Crippen molar-refractivity contribution < 1.29 is 14.7 Å². The SMILES string of the molecule is Cc1ccc(C)c(CN2CC(=O)CC2C(=O)O)c1. The largest absolute Gasteiger partial charge is 0.480 e. The zero-order valence-electron chi connectivity index (χ0n) is 10.6. The van der Waals surface area contributed by atoms with Crippen LogP contribution in [0.2, 0.25) is 0 Å². The van der Waals surface area contributed by atoms with E-state index in [2.05, 4.69) is 6.07 Å². The molecule has 96 valence electrons. The van der Waals surface area contributed by atoms with E-state index in [0.29, 0.717) is 6.54 Å². The van der Waals surface area contributed by atoms with E-state index in [1.165, 1.54) is 0 Å². The van der Waals surface area contributed by atoms with Crippen LogP contribution in [0.4, 0.5) is 0 Å². The molecule has 0 saturated carbocycles. The van der Waals surface area contributed by atoms with Crippen molar-refractivity contribution in [2.75, 3.05) is 6.54 Å². The molecule has 1 aromatic rings. The fourth-order valence-corrected chi connectivity index (χ4v) is 2.35. The Balaban J connectivity index is 2.20. The lowest BCUT2D eigenvalue weighted by Crippen LogP contribution is -2.35. The minimum absolute atomic E-state index is 0.00714. The molecule has 1 fully saturated rings. The van der Waals surface area contributed by atoms with Crippen LogP contribution in [-0.2, 0) is 16.1 Å². The predicted octanol–water partition coefficient (Wildman–Crippen LogP) is 1.53. The number of carboxylic acid groups (broad SMARTS) is 1. The number of Topliss-reactive ketones (excluding diaryl/α,β-unsaturated/α-hetero) is 1. The summed E-state index contributed by atoms with van der Waals surface area (Å²) in [5.41, 5.74) is 3.37. The molecule has 0 aromatic heterocycles. The number of benzene rings is 1. The lowest BCUT2D eigenvalue weighted by atomic mass is 10.0. The molecule has 2 rings (SSSR count). The number of ketones is 1. The normalized spacial score (nSPS) is 20.3. The van der Waals surface area contributed by atoms with Crippen molar-refractivity contribution in [3.8, 4) is 0 Å². The van der Waals surface area contributed by atoms with Crippen molar-refractivity contribution in [1.29, 1.82) is 0 Å². The third-order valence-electron chi connectivity index (χ3n) is 3.40. The first-order chi connectivity index (χ1) is 8.47. The Morgan fingerprint density at radius 2 is 2.17 bits per heavy atom. The van der Waals surface area contributed by atoms with Crippen LogP contribution in [0.5, 0.6) is 0 Å². The number of carboxylic acids is 1. The summed E-state index contributed by atoms with van der Waals surface area (Å²) >= 11 is 0. The minimum Gasteiger partial charge on any atom is -0.480 e. The molecule has 1 unspecified atom stereocenters. The molecule has 1 atom stereocenters. The highest BCUT2D eigenvalue weighted by molar-refractivity contribution is 5.90. The first-order valence-corrected chi connectivity index (χ1v) is 6.02. The maximum absolute atomic E-state index is 11.4. The summed E-state index contributed by atoms with van der Waals surface area (Å²) in [5, 5.41) is 9.11. The number of hydrogen-bond donors (Lipinski definition) is 1. The molecule has 1 aliphatic heterocycles. The highest BCUT2D eigenvalue weighted by atomic mass is 16.4. The Hall–Kier alpha value is -1.68. The van der Waals surface area contributed by atoms with E-state index in [9.17, 15) is 9.59 Å². The van der Waals surface area contributed by atoms with Crippen molar-refractivity contribution in [3.05, 3.63) is 34.9 Å². The highest BCUT2D eigenvalue weighted by Crippen LogP contribution is 2.20. The summed E-state index contributed by atoms with van der Waals surface area (Å²) in [6.45, 7) is 4.77. The molecular weight excluding hydrogens is 230 g/mol. The van der Waals surface area contributed by atoms with Gasteiger partial charge in [0.2, 0.25) is 0 Å². The van der Waals surface area contributed by atoms with Crippen LogP contribution in [-0.4, -0.2) is 34.3 Å². The number of carbonyl (C=O) groups is 2. The summed E-state index contributed by atoms with van der Waals surface area (Å²) in [4.78, 5) is 24.3. The van der Waals surface area contributed by atoms with Crippen LogP contribution in [0.15, 0.2) is 18.2 Å². The van der Waals surface area contributed by atoms with Crippen LogP contribution < -0.4 is 0 Å². The Labute approximate surface area is 106 Å². The van der Waals surface area contributed by atoms with Crippen LogP contribution in [0.25, 0.3) is 0 Å². The molecule has 4 heteroatoms. The molecule has 1 saturated heterocycles. The van der Waals surface area contributed by atoms with E-state index < -0.39 is 12.0 Å². The molecule has 0 spiro atoms. The third kappa shape index (κ3) is 2.59. The van der Waals surface area contributed by atoms with Crippen molar-refractivity contribution in [3.63, 3.8) is 0 Å². The molecular formula is C14H17NO3. The van der Waals surface area contributed by atoms with Crippen molar-refractivity contribution >= 4 is 11.8 Å². The van der Waals surface area contributed by atoms with Gasteiger partial charge in [-0.3, -0.25) is 14.5 Å². The molecule has 1 heterocycles. The summed E-state index contributed by atoms with van der Waals surface area (Å²) in [6.07, 6.45) is 0.125. The van der Waals surface area contributed by atoms with Gasteiger partial charge >= 0.3 is 5.97 Å². The van der Waals surface area contributed by atoms with Crippen LogP contribution in [0.1, 0.15) is 23.1 Å². The number of likely N-dealkylation sites (tertiary alicyclic amines) is 1. The molecule has 4 nitrogen and oxygen atoms in total. The molecule has 18 heavy (non-hydrogen) atoms. The zero-order chi connectivity index (χ0) is 13.3. The van der Waals surface area contributed by atoms with E-state index in [-0.39, 0.29) is 18.7 Å². The molecule has 1 aliphatic rings. The van der Waals surface area contributed by atoms with Crippen LogP contribution >= 0.6 is 0 Å². The monoisotopic (exact) mass is 247 g/mol. The third-order valence-corrected chi connectivity index (χ3v) is 3.40. The number of nitrogens with zero attached hydrogens (tertiary/aromatic N) is 1. The molecule has 0 bridgehead atoms. The van der Waals surface area contributed by atoms with Gasteiger partial charge < -0.3 is 5.11 Å². The fourth-order valence-electron chi connectivity index (χ4n) is 2.35. The lowest BCUT2D eigenvalue weighted by molar-refractivity contribution is -0.142. The van der Waals surface area contributed by atoms with Crippen molar-refractivity contribution in [2.45, 2.75) is 32.9 Å². The zero-order valence-corrected chi connectivity index (χ0v) is 10.6. The van der Waals surface area contributed by atoms with E-state index in [4.69, 9.17) is 5.11 Å². The van der Waals surface area contributed by atoms with E-state index >= 15 is 0 Å². The average molecular weight is 247 g/mol. The quantitative estimate of drug-likeness (QED) is 0.880. The standard InChI is InChI=1S/C14H17NO3/c1-9-3-4-10(2)11(5-9)7-15-8-12(16)6-13(15)14(17)18/h3-5,13H,6-8H2,1-2H3,(H,17,18). The fraction of sp³-hybridized carbons (Fsp3) is 0.429. The van der Waals surface area contributed by atoms with Gasteiger partial charge in [0.15, 0.2) is 0 Å². The topological polar surface area (TPSA) is 57.6 Å². The Morgan fingerprint density at radius 1 is 1.44 bits per heavy atom. The van der Waals surface area contributed by atoms with Crippen LogP contribution in [0, 0.1) is 13.8 Å². The molecule has 1 aromatic carbocycles. The number of hydrogen-bond acceptors (Lipinski definition) is 3. The Kier molecular flexibility index (Phi) is 3.48. The Morgan fingerprint density at radius 3 is 2.83 bits per heavy atom. The predicted molar refractivity (Wildman–Crippen MR) is 67.4 cm³/mol. The number of aryl methyl sites for hydroxylation is 2. The first-order valence-electron chi connectivity index (χ1n) is 6.02. The molecule has 0 radical (unpaired) electrons. The summed E-state index contributed by atoms with van der Waals surface area (Å²) in [7, 11) is 0. The average Bonchev–Trinajstić information content (AvgIpc) is 2.65. The smallest absolute Gasteiger partial charge is 0.321 e. The highest BCUT2D eigenvalue weighted by Gasteiger charge is 2.35. The van der Waals surface area contributed by atoms with E-state index in [1.807, 2.05) is 26.0 Å². The van der Waals surface area contributed by atoms with Gasteiger partial charge in [-0.15, -0.1) is 0 Å². The lowest BCUT2D eigenvalue weighted by Gasteiger charge is -2.21. The van der Waals surface area contributed by atoms with Gasteiger partial charge in [-0.25, -0.2) is 0 Å². The van der Waals surface area contributed by atoms with Crippen LogP contribution in [0.3, 0.4) is 0 Å². The van der Waals surface area contributed by atoms with Crippen molar-refractivity contribution in [2.24, 2.45) is 0 Å². The first kappa shape index (κ1) is 12.8. The summed E-state index contributed by atoms with van der Waals surface area (Å²) in [5.74, 6) is -0.904. The maximum atomic E-state index is 11.4. The van der Waals surface area contributed by atoms with Gasteiger partial charge in [0.1, 0.15) is 11.8 Å². The summed E-state index contributed by atoms with van der Waals surface area (Å²) in [6, 6.07) is 5.44. The number of carbonyl (C=O) groups excluding carboxylic acids is 1. The summed E-state index contributed by atoms with van der Waals surface area (Å²) < 4.78 is 0. The van der Waals surface area contributed by atoms with E-state index in [0.717, 1.165) is 16.7 Å². The number of rotatable bonds is 3. The van der Waals surface area contributed by atoms with Gasteiger partial charge in [0.05, 0.1) is 6.54 Å². The van der Waals surface area contributed by atoms with Gasteiger partial charge in [0, 0.05) is 13.0 Å².